The number of aliphatic imine (C=N–C) groups is 1. The SMILES string of the molecule is CCCCC1=[C-]C2=C(c3ccccc3)C(CCCC)=NC2=C1.[Cl-].[Cl-].[Zr+3]. The molecule has 1 aromatic rings. The predicted molar refractivity (Wildman–Crippen MR) is 94.7 cm³/mol. The summed E-state index contributed by atoms with van der Waals surface area (Å²) >= 11 is 0. The van der Waals surface area contributed by atoms with Gasteiger partial charge < -0.3 is 29.8 Å². The van der Waals surface area contributed by atoms with Gasteiger partial charge in [-0.25, -0.2) is 0 Å². The zero-order valence-corrected chi connectivity index (χ0v) is 18.9. The molecule has 0 saturated heterocycles. The number of unbranched alkanes of at least 4 members (excludes halogenated alkanes) is 2. The average Bonchev–Trinajstić information content (AvgIpc) is 3.08. The van der Waals surface area contributed by atoms with Crippen molar-refractivity contribution < 1.29 is 51.0 Å². The fraction of sp³-hybridized carbons (Fsp3) is 0.381. The monoisotopic (exact) mass is 450 g/mol. The molecule has 1 radical (unpaired) electrons. The minimum atomic E-state index is 0. The van der Waals surface area contributed by atoms with Gasteiger partial charge in [0, 0.05) is 0 Å². The third-order valence-corrected chi connectivity index (χ3v) is 4.28. The van der Waals surface area contributed by atoms with Crippen molar-refractivity contribution in [1.29, 1.82) is 0 Å². The average molecular weight is 453 g/mol. The summed E-state index contributed by atoms with van der Waals surface area (Å²) < 4.78 is 0. The predicted octanol–water partition coefficient (Wildman–Crippen LogP) is -0.0922. The molecular weight excluding hydrogens is 428 g/mol. The number of halogens is 2. The minimum absolute atomic E-state index is 0. The largest absolute Gasteiger partial charge is 3.00 e. The van der Waals surface area contributed by atoms with Crippen LogP contribution in [-0.4, -0.2) is 5.71 Å². The van der Waals surface area contributed by atoms with Gasteiger partial charge in [-0.15, -0.1) is 23.3 Å². The maximum atomic E-state index is 4.92. The van der Waals surface area contributed by atoms with Crippen LogP contribution in [0.15, 0.2) is 58.2 Å². The van der Waals surface area contributed by atoms with Gasteiger partial charge in [0.05, 0.1) is 0 Å². The summed E-state index contributed by atoms with van der Waals surface area (Å²) in [5.74, 6) is 0. The summed E-state index contributed by atoms with van der Waals surface area (Å²) in [6, 6.07) is 10.7. The van der Waals surface area contributed by atoms with Gasteiger partial charge in [-0.05, 0) is 25.0 Å². The summed E-state index contributed by atoms with van der Waals surface area (Å²) in [6.07, 6.45) is 12.9. The number of nitrogens with zero attached hydrogens (tertiary/aromatic N) is 1. The van der Waals surface area contributed by atoms with Crippen LogP contribution in [0.25, 0.3) is 5.57 Å². The second kappa shape index (κ2) is 12.0. The molecule has 25 heavy (non-hydrogen) atoms. The van der Waals surface area contributed by atoms with Crippen LogP contribution in [0, 0.1) is 6.08 Å². The summed E-state index contributed by atoms with van der Waals surface area (Å²) in [7, 11) is 0. The maximum absolute atomic E-state index is 4.92. The fourth-order valence-corrected chi connectivity index (χ4v) is 3.07. The molecule has 1 aliphatic heterocycles. The van der Waals surface area contributed by atoms with Gasteiger partial charge in [-0.2, -0.15) is 0 Å². The zero-order chi connectivity index (χ0) is 15.4. The number of fused-ring (bicyclic) bond motifs is 1. The zero-order valence-electron chi connectivity index (χ0n) is 14.9. The first kappa shape index (κ1) is 24.6. The maximum Gasteiger partial charge on any atom is 3.00 e. The van der Waals surface area contributed by atoms with E-state index in [2.05, 4.69) is 56.3 Å². The van der Waals surface area contributed by atoms with E-state index < -0.39 is 0 Å². The molecule has 0 bridgehead atoms. The molecule has 0 saturated carbocycles. The Morgan fingerprint density at radius 3 is 2.20 bits per heavy atom. The number of benzene rings is 1. The molecule has 2 aliphatic rings. The molecule has 0 aromatic heterocycles. The quantitative estimate of drug-likeness (QED) is 0.513. The molecule has 131 valence electrons. The van der Waals surface area contributed by atoms with Crippen molar-refractivity contribution in [3.63, 3.8) is 0 Å². The van der Waals surface area contributed by atoms with E-state index in [4.69, 9.17) is 4.99 Å². The van der Waals surface area contributed by atoms with Crippen molar-refractivity contribution in [2.45, 2.75) is 52.4 Å². The van der Waals surface area contributed by atoms with Crippen LogP contribution >= 0.6 is 0 Å². The van der Waals surface area contributed by atoms with Gasteiger partial charge in [0.15, 0.2) is 0 Å². The van der Waals surface area contributed by atoms with Crippen molar-refractivity contribution in [1.82, 2.24) is 0 Å². The molecule has 0 N–H and O–H groups in total. The molecule has 1 heterocycles. The molecule has 3 rings (SSSR count). The van der Waals surface area contributed by atoms with Crippen LogP contribution in [0.4, 0.5) is 0 Å². The van der Waals surface area contributed by atoms with Gasteiger partial charge in [0.25, 0.3) is 0 Å². The third kappa shape index (κ3) is 5.78. The number of rotatable bonds is 7. The van der Waals surface area contributed by atoms with Crippen LogP contribution in [0.2, 0.25) is 0 Å². The van der Waals surface area contributed by atoms with E-state index in [1.165, 1.54) is 53.7 Å². The number of allylic oxidation sites excluding steroid dienone is 4. The van der Waals surface area contributed by atoms with E-state index in [0.717, 1.165) is 18.5 Å². The van der Waals surface area contributed by atoms with E-state index in [-0.39, 0.29) is 51.0 Å². The third-order valence-electron chi connectivity index (χ3n) is 4.28. The van der Waals surface area contributed by atoms with Gasteiger partial charge in [0.1, 0.15) is 0 Å². The van der Waals surface area contributed by atoms with Gasteiger partial charge >= 0.3 is 26.2 Å². The van der Waals surface area contributed by atoms with Crippen molar-refractivity contribution >= 4 is 11.3 Å². The molecular formula is C21H24Cl2NZr. The van der Waals surface area contributed by atoms with Gasteiger partial charge in [0.2, 0.25) is 0 Å². The molecule has 0 unspecified atom stereocenters. The van der Waals surface area contributed by atoms with Crippen molar-refractivity contribution in [3.8, 4) is 0 Å². The molecule has 1 nitrogen and oxygen atoms in total. The van der Waals surface area contributed by atoms with E-state index in [9.17, 15) is 0 Å². The molecule has 1 aromatic carbocycles. The normalized spacial score (nSPS) is 14.6. The molecule has 1 aliphatic carbocycles. The molecule has 0 amide bonds. The van der Waals surface area contributed by atoms with Crippen LogP contribution in [0.1, 0.15) is 57.9 Å². The van der Waals surface area contributed by atoms with Crippen LogP contribution in [-0.2, 0) is 26.2 Å². The van der Waals surface area contributed by atoms with Crippen molar-refractivity contribution in [3.05, 3.63) is 64.9 Å². The number of hydrogen-bond donors (Lipinski definition) is 0. The molecule has 0 spiro atoms. The first-order chi connectivity index (χ1) is 10.8. The summed E-state index contributed by atoms with van der Waals surface area (Å²) in [6.45, 7) is 4.47. The van der Waals surface area contributed by atoms with E-state index in [1.807, 2.05) is 0 Å². The van der Waals surface area contributed by atoms with E-state index in [1.54, 1.807) is 0 Å². The minimum Gasteiger partial charge on any atom is -1.00 e. The molecule has 4 heteroatoms. The smallest absolute Gasteiger partial charge is 1.00 e. The Bertz CT molecular complexity index is 672. The van der Waals surface area contributed by atoms with Crippen LogP contribution in [0.3, 0.4) is 0 Å². The Balaban J connectivity index is 0.00000192. The first-order valence-electron chi connectivity index (χ1n) is 8.56. The Kier molecular flexibility index (Phi) is 11.8. The summed E-state index contributed by atoms with van der Waals surface area (Å²) in [5.41, 5.74) is 7.51. The van der Waals surface area contributed by atoms with Crippen molar-refractivity contribution in [2.24, 2.45) is 4.99 Å². The molecule has 0 atom stereocenters. The summed E-state index contributed by atoms with van der Waals surface area (Å²) in [5, 5.41) is 0. The van der Waals surface area contributed by atoms with Gasteiger partial charge in [-0.3, -0.25) is 0 Å². The van der Waals surface area contributed by atoms with E-state index >= 15 is 0 Å². The Labute approximate surface area is 183 Å². The Hall–Kier alpha value is -0.427. The summed E-state index contributed by atoms with van der Waals surface area (Å²) in [4.78, 5) is 4.92. The topological polar surface area (TPSA) is 12.4 Å². The Morgan fingerprint density at radius 1 is 0.920 bits per heavy atom. The first-order valence-corrected chi connectivity index (χ1v) is 8.56. The van der Waals surface area contributed by atoms with E-state index in [0.29, 0.717) is 0 Å². The standard InChI is InChI=1S/C21H24N.2ClH.Zr/c1-3-5-10-16-14-18-20(15-16)22-19(13-6-4-2)21(18)17-11-8-7-9-12-17;;;/h7-9,11-12,15H,3-6,10,13H2,1-2H3;2*1H;/q-1;;;+3/p-2. The molecule has 0 fully saturated rings. The second-order valence-corrected chi connectivity index (χ2v) is 6.06. The van der Waals surface area contributed by atoms with Crippen LogP contribution in [0.5, 0.6) is 0 Å². The van der Waals surface area contributed by atoms with Crippen LogP contribution < -0.4 is 24.8 Å². The van der Waals surface area contributed by atoms with Crippen molar-refractivity contribution in [2.75, 3.05) is 0 Å². The Morgan fingerprint density at radius 2 is 1.56 bits per heavy atom. The number of hydrogen-bond acceptors (Lipinski definition) is 1. The fourth-order valence-electron chi connectivity index (χ4n) is 3.07. The second-order valence-electron chi connectivity index (χ2n) is 6.06. The van der Waals surface area contributed by atoms with Gasteiger partial charge in [-0.1, -0.05) is 80.3 Å².